The maximum Gasteiger partial charge on any atom is 0.308 e. The van der Waals surface area contributed by atoms with E-state index in [4.69, 9.17) is 4.74 Å². The van der Waals surface area contributed by atoms with Gasteiger partial charge in [0.15, 0.2) is 11.5 Å². The highest BCUT2D eigenvalue weighted by atomic mass is 16.5. The number of aliphatic hydroxyl groups is 2. The molecule has 116 valence electrons. The monoisotopic (exact) mass is 298 g/mol. The highest BCUT2D eigenvalue weighted by Crippen LogP contribution is 2.36. The molecular weight excluding hydrogens is 280 g/mol. The minimum Gasteiger partial charge on any atom is -0.504 e. The number of rotatable bonds is 7. The Morgan fingerprint density at radius 3 is 2.57 bits per heavy atom. The van der Waals surface area contributed by atoms with Crippen molar-refractivity contribution in [3.8, 4) is 11.5 Å². The van der Waals surface area contributed by atoms with Gasteiger partial charge in [-0.2, -0.15) is 0 Å². The van der Waals surface area contributed by atoms with Gasteiger partial charge in [-0.15, -0.1) is 0 Å². The first kappa shape index (κ1) is 16.9. The minimum atomic E-state index is -1.57. The number of ether oxygens (including phenoxy) is 2. The highest BCUT2D eigenvalue weighted by molar-refractivity contribution is 5.77. The number of benzene rings is 1. The first-order valence-electron chi connectivity index (χ1n) is 6.32. The summed E-state index contributed by atoms with van der Waals surface area (Å²) in [6.07, 6.45) is -2.98. The Kier molecular flexibility index (Phi) is 6.13. The molecule has 0 aromatic heterocycles. The van der Waals surface area contributed by atoms with Crippen LogP contribution in [0, 0.1) is 0 Å². The maximum absolute atomic E-state index is 11.3. The summed E-state index contributed by atoms with van der Waals surface area (Å²) in [6, 6.07) is 2.50. The first-order chi connectivity index (χ1) is 9.94. The fraction of sp³-hybridized carbons (Fsp3) is 0.429. The van der Waals surface area contributed by atoms with Crippen LogP contribution in [0.4, 0.5) is 0 Å². The average molecular weight is 298 g/mol. The Bertz CT molecular complexity index is 512. The van der Waals surface area contributed by atoms with Gasteiger partial charge in [0.25, 0.3) is 0 Å². The van der Waals surface area contributed by atoms with Gasteiger partial charge in [-0.3, -0.25) is 9.59 Å². The standard InChI is InChI=1S/C14H18O7/c1-3-21-12(17)6-10(16)13(18)9-4-8(7-15)5-11(20-2)14(9)19/h4-5,7,10,13,16,18-19H,3,6H2,1-2H3. The van der Waals surface area contributed by atoms with Crippen LogP contribution in [-0.4, -0.2) is 47.4 Å². The lowest BCUT2D eigenvalue weighted by atomic mass is 9.98. The molecule has 0 saturated heterocycles. The number of carbonyl (C=O) groups is 2. The number of carbonyl (C=O) groups excluding carboxylic acids is 2. The van der Waals surface area contributed by atoms with Gasteiger partial charge >= 0.3 is 5.97 Å². The molecule has 0 amide bonds. The Balaban J connectivity index is 3.02. The molecule has 0 spiro atoms. The predicted molar refractivity (Wildman–Crippen MR) is 72.3 cm³/mol. The second-order valence-corrected chi connectivity index (χ2v) is 4.30. The second kappa shape index (κ2) is 7.61. The molecule has 0 radical (unpaired) electrons. The molecule has 0 bridgehead atoms. The number of aldehydes is 1. The van der Waals surface area contributed by atoms with Gasteiger partial charge in [0.1, 0.15) is 12.4 Å². The van der Waals surface area contributed by atoms with E-state index in [-0.39, 0.29) is 23.5 Å². The molecule has 0 fully saturated rings. The summed E-state index contributed by atoms with van der Waals surface area (Å²) in [5.74, 6) is -1.10. The highest BCUT2D eigenvalue weighted by Gasteiger charge is 2.26. The van der Waals surface area contributed by atoms with Crippen molar-refractivity contribution in [1.29, 1.82) is 0 Å². The van der Waals surface area contributed by atoms with Crippen LogP contribution in [0.3, 0.4) is 0 Å². The maximum atomic E-state index is 11.3. The van der Waals surface area contributed by atoms with Gasteiger partial charge in [0.2, 0.25) is 0 Å². The van der Waals surface area contributed by atoms with E-state index < -0.39 is 30.3 Å². The van der Waals surface area contributed by atoms with Crippen molar-refractivity contribution in [2.45, 2.75) is 25.6 Å². The molecule has 1 aromatic carbocycles. The molecular formula is C14H18O7. The van der Waals surface area contributed by atoms with Crippen molar-refractivity contribution in [3.63, 3.8) is 0 Å². The van der Waals surface area contributed by atoms with Gasteiger partial charge in [0.05, 0.1) is 26.2 Å². The van der Waals surface area contributed by atoms with E-state index in [0.717, 1.165) is 0 Å². The number of aromatic hydroxyl groups is 1. The smallest absolute Gasteiger partial charge is 0.308 e. The largest absolute Gasteiger partial charge is 0.504 e. The summed E-state index contributed by atoms with van der Waals surface area (Å²) in [5, 5.41) is 29.8. The van der Waals surface area contributed by atoms with Crippen LogP contribution in [0.1, 0.15) is 35.4 Å². The topological polar surface area (TPSA) is 113 Å². The molecule has 0 aliphatic carbocycles. The third kappa shape index (κ3) is 4.17. The van der Waals surface area contributed by atoms with Crippen LogP contribution in [0.5, 0.6) is 11.5 Å². The molecule has 2 atom stereocenters. The van der Waals surface area contributed by atoms with Crippen molar-refractivity contribution in [3.05, 3.63) is 23.3 Å². The molecule has 2 unspecified atom stereocenters. The number of phenolic OH excluding ortho intramolecular Hbond substituents is 1. The molecule has 0 saturated carbocycles. The zero-order valence-electron chi connectivity index (χ0n) is 11.8. The second-order valence-electron chi connectivity index (χ2n) is 4.30. The molecule has 7 nitrogen and oxygen atoms in total. The average Bonchev–Trinajstić information content (AvgIpc) is 2.46. The van der Waals surface area contributed by atoms with E-state index in [1.807, 2.05) is 0 Å². The van der Waals surface area contributed by atoms with E-state index in [1.165, 1.54) is 19.2 Å². The lowest BCUT2D eigenvalue weighted by Crippen LogP contribution is -2.23. The van der Waals surface area contributed by atoms with Crippen molar-refractivity contribution < 1.29 is 34.4 Å². The Labute approximate surface area is 121 Å². The van der Waals surface area contributed by atoms with Crippen molar-refractivity contribution in [2.24, 2.45) is 0 Å². The van der Waals surface area contributed by atoms with Crippen LogP contribution in [0.25, 0.3) is 0 Å². The SMILES string of the molecule is CCOC(=O)CC(O)C(O)c1cc(C=O)cc(OC)c1O. The summed E-state index contributed by atoms with van der Waals surface area (Å²) in [4.78, 5) is 22.1. The normalized spacial score (nSPS) is 13.3. The molecule has 21 heavy (non-hydrogen) atoms. The van der Waals surface area contributed by atoms with Crippen LogP contribution in [0.15, 0.2) is 12.1 Å². The van der Waals surface area contributed by atoms with E-state index >= 15 is 0 Å². The third-order valence-corrected chi connectivity index (χ3v) is 2.85. The Morgan fingerprint density at radius 1 is 1.38 bits per heavy atom. The van der Waals surface area contributed by atoms with Crippen molar-refractivity contribution >= 4 is 12.3 Å². The van der Waals surface area contributed by atoms with Gasteiger partial charge in [0, 0.05) is 11.1 Å². The lowest BCUT2D eigenvalue weighted by Gasteiger charge is -2.20. The van der Waals surface area contributed by atoms with Gasteiger partial charge in [-0.25, -0.2) is 0 Å². The number of hydrogen-bond acceptors (Lipinski definition) is 7. The number of aliphatic hydroxyl groups excluding tert-OH is 2. The van der Waals surface area contributed by atoms with Crippen molar-refractivity contribution in [2.75, 3.05) is 13.7 Å². The van der Waals surface area contributed by atoms with Gasteiger partial charge in [-0.05, 0) is 19.1 Å². The number of esters is 1. The van der Waals surface area contributed by atoms with E-state index in [9.17, 15) is 24.9 Å². The quantitative estimate of drug-likeness (QED) is 0.498. The fourth-order valence-corrected chi connectivity index (χ4v) is 1.81. The zero-order valence-corrected chi connectivity index (χ0v) is 11.8. The number of methoxy groups -OCH3 is 1. The first-order valence-corrected chi connectivity index (χ1v) is 6.32. The Hall–Kier alpha value is -2.12. The van der Waals surface area contributed by atoms with E-state index in [1.54, 1.807) is 6.92 Å². The van der Waals surface area contributed by atoms with Gasteiger partial charge in [-0.1, -0.05) is 0 Å². The predicted octanol–water partition coefficient (Wildman–Crippen LogP) is 0.561. The van der Waals surface area contributed by atoms with Crippen LogP contribution >= 0.6 is 0 Å². The number of hydrogen-bond donors (Lipinski definition) is 3. The van der Waals surface area contributed by atoms with Crippen molar-refractivity contribution in [1.82, 2.24) is 0 Å². The Morgan fingerprint density at radius 2 is 2.05 bits per heavy atom. The summed E-state index contributed by atoms with van der Waals surface area (Å²) in [6.45, 7) is 1.77. The van der Waals surface area contributed by atoms with Crippen LogP contribution < -0.4 is 4.74 Å². The fourth-order valence-electron chi connectivity index (χ4n) is 1.81. The summed E-state index contributed by atoms with van der Waals surface area (Å²) in [7, 11) is 1.29. The molecule has 3 N–H and O–H groups in total. The minimum absolute atomic E-state index is 0.0167. The molecule has 1 rings (SSSR count). The molecule has 0 aliphatic heterocycles. The zero-order chi connectivity index (χ0) is 16.0. The summed E-state index contributed by atoms with van der Waals surface area (Å²) < 4.78 is 9.55. The van der Waals surface area contributed by atoms with Crippen LogP contribution in [0.2, 0.25) is 0 Å². The van der Waals surface area contributed by atoms with E-state index in [0.29, 0.717) is 6.29 Å². The summed E-state index contributed by atoms with van der Waals surface area (Å²) in [5.41, 5.74) is 0.0512. The summed E-state index contributed by atoms with van der Waals surface area (Å²) >= 11 is 0. The molecule has 0 aliphatic rings. The lowest BCUT2D eigenvalue weighted by molar-refractivity contribution is -0.147. The number of phenols is 1. The molecule has 7 heteroatoms. The molecule has 0 heterocycles. The van der Waals surface area contributed by atoms with E-state index in [2.05, 4.69) is 4.74 Å². The van der Waals surface area contributed by atoms with Crippen LogP contribution in [-0.2, 0) is 9.53 Å². The molecule has 1 aromatic rings. The third-order valence-electron chi connectivity index (χ3n) is 2.85. The van der Waals surface area contributed by atoms with Gasteiger partial charge < -0.3 is 24.8 Å².